The number of nitrogens with zero attached hydrogens (tertiary/aromatic N) is 4. The molecular formula is C15H22N4OS. The Morgan fingerprint density at radius 3 is 2.71 bits per heavy atom. The van der Waals surface area contributed by atoms with E-state index in [9.17, 15) is 0 Å². The number of methoxy groups -OCH3 is 1. The average molecular weight is 306 g/mol. The second-order valence-electron chi connectivity index (χ2n) is 5.73. The van der Waals surface area contributed by atoms with Crippen LogP contribution in [0, 0.1) is 6.92 Å². The summed E-state index contributed by atoms with van der Waals surface area (Å²) in [6.45, 7) is 7.86. The summed E-state index contributed by atoms with van der Waals surface area (Å²) in [6, 6.07) is 0. The number of rotatable bonds is 4. The van der Waals surface area contributed by atoms with Gasteiger partial charge in [0, 0.05) is 27.2 Å². The number of aryl methyl sites for hydroxylation is 2. The van der Waals surface area contributed by atoms with Crippen molar-refractivity contribution in [3.63, 3.8) is 0 Å². The van der Waals surface area contributed by atoms with E-state index in [-0.39, 0.29) is 5.60 Å². The summed E-state index contributed by atoms with van der Waals surface area (Å²) in [4.78, 5) is 7.13. The van der Waals surface area contributed by atoms with Crippen molar-refractivity contribution in [3.05, 3.63) is 18.3 Å². The van der Waals surface area contributed by atoms with Crippen molar-refractivity contribution in [1.29, 1.82) is 0 Å². The maximum atomic E-state index is 5.76. The Labute approximate surface area is 129 Å². The van der Waals surface area contributed by atoms with E-state index in [0.717, 1.165) is 48.8 Å². The summed E-state index contributed by atoms with van der Waals surface area (Å²) in [5, 5.41) is 5.51. The van der Waals surface area contributed by atoms with Gasteiger partial charge in [-0.2, -0.15) is 5.10 Å². The molecule has 0 bridgehead atoms. The number of hydrogen-bond donors (Lipinski definition) is 0. The lowest BCUT2D eigenvalue weighted by molar-refractivity contribution is -0.0267. The molecule has 0 N–H and O–H groups in total. The van der Waals surface area contributed by atoms with Crippen LogP contribution in [0.4, 0.5) is 5.13 Å². The Hall–Kier alpha value is -1.40. The Balaban J connectivity index is 1.79. The van der Waals surface area contributed by atoms with Gasteiger partial charge in [0.1, 0.15) is 0 Å². The minimum Gasteiger partial charge on any atom is -0.378 e. The fourth-order valence-corrected chi connectivity index (χ4v) is 4.15. The van der Waals surface area contributed by atoms with Crippen molar-refractivity contribution in [2.24, 2.45) is 7.05 Å². The highest BCUT2D eigenvalue weighted by Crippen LogP contribution is 2.35. The van der Waals surface area contributed by atoms with Gasteiger partial charge in [0.05, 0.1) is 16.0 Å². The number of aromatic nitrogens is 3. The van der Waals surface area contributed by atoms with Crippen molar-refractivity contribution in [3.8, 4) is 0 Å². The van der Waals surface area contributed by atoms with Crippen LogP contribution in [-0.2, 0) is 11.8 Å². The van der Waals surface area contributed by atoms with Crippen molar-refractivity contribution >= 4 is 26.8 Å². The fourth-order valence-electron chi connectivity index (χ4n) is 3.07. The van der Waals surface area contributed by atoms with E-state index in [1.54, 1.807) is 11.3 Å². The smallest absolute Gasteiger partial charge is 0.188 e. The molecule has 1 aliphatic rings. The normalized spacial score (nSPS) is 18.3. The first kappa shape index (κ1) is 14.5. The molecular weight excluding hydrogens is 284 g/mol. The SMILES string of the molecule is C=CCC1(OC)CCN(c2nc3c(s2)c(C)nn3C)CC1. The van der Waals surface area contributed by atoms with Gasteiger partial charge >= 0.3 is 0 Å². The standard InChI is InChI=1S/C15H22N4OS/c1-5-6-15(20-4)7-9-19(10-8-15)14-16-13-12(21-14)11(2)17-18(13)3/h5H,1,6-10H2,2-4H3. The average Bonchev–Trinajstić information content (AvgIpc) is 3.03. The summed E-state index contributed by atoms with van der Waals surface area (Å²) in [6.07, 6.45) is 4.91. The van der Waals surface area contributed by atoms with E-state index in [2.05, 4.69) is 16.6 Å². The minimum atomic E-state index is -0.0353. The first-order valence-corrected chi connectivity index (χ1v) is 8.11. The molecule has 114 valence electrons. The largest absolute Gasteiger partial charge is 0.378 e. The molecule has 2 aromatic rings. The lowest BCUT2D eigenvalue weighted by Crippen LogP contribution is -2.45. The maximum Gasteiger partial charge on any atom is 0.188 e. The monoisotopic (exact) mass is 306 g/mol. The van der Waals surface area contributed by atoms with Gasteiger partial charge in [-0.25, -0.2) is 9.67 Å². The maximum absolute atomic E-state index is 5.76. The fraction of sp³-hybridized carbons (Fsp3) is 0.600. The second-order valence-corrected chi connectivity index (χ2v) is 6.70. The highest BCUT2D eigenvalue weighted by molar-refractivity contribution is 7.22. The second kappa shape index (κ2) is 5.42. The summed E-state index contributed by atoms with van der Waals surface area (Å²) in [5.74, 6) is 0. The third-order valence-electron chi connectivity index (χ3n) is 4.43. The molecule has 21 heavy (non-hydrogen) atoms. The number of piperidine rings is 1. The molecule has 2 aromatic heterocycles. The van der Waals surface area contributed by atoms with Crippen LogP contribution in [0.15, 0.2) is 12.7 Å². The number of thiazole rings is 1. The van der Waals surface area contributed by atoms with E-state index in [1.807, 2.05) is 31.8 Å². The van der Waals surface area contributed by atoms with Crippen molar-refractivity contribution in [2.45, 2.75) is 31.8 Å². The predicted molar refractivity (Wildman–Crippen MR) is 87.1 cm³/mol. The van der Waals surface area contributed by atoms with Crippen LogP contribution in [0.2, 0.25) is 0 Å². The van der Waals surface area contributed by atoms with E-state index >= 15 is 0 Å². The lowest BCUT2D eigenvalue weighted by Gasteiger charge is -2.40. The lowest BCUT2D eigenvalue weighted by atomic mass is 9.88. The number of anilines is 1. The molecule has 0 aromatic carbocycles. The molecule has 1 aliphatic heterocycles. The van der Waals surface area contributed by atoms with Gasteiger partial charge in [0.25, 0.3) is 0 Å². The molecule has 0 saturated carbocycles. The molecule has 3 rings (SSSR count). The van der Waals surface area contributed by atoms with Crippen molar-refractivity contribution in [2.75, 3.05) is 25.1 Å². The highest BCUT2D eigenvalue weighted by Gasteiger charge is 2.34. The molecule has 1 saturated heterocycles. The van der Waals surface area contributed by atoms with Crippen LogP contribution in [0.5, 0.6) is 0 Å². The van der Waals surface area contributed by atoms with Crippen LogP contribution in [0.1, 0.15) is 25.0 Å². The molecule has 0 aliphatic carbocycles. The van der Waals surface area contributed by atoms with Crippen LogP contribution >= 0.6 is 11.3 Å². The molecule has 3 heterocycles. The summed E-state index contributed by atoms with van der Waals surface area (Å²) in [5.41, 5.74) is 2.01. The first-order chi connectivity index (χ1) is 10.1. The minimum absolute atomic E-state index is 0.0353. The van der Waals surface area contributed by atoms with Gasteiger partial charge in [-0.3, -0.25) is 0 Å². The predicted octanol–water partition coefficient (Wildman–Crippen LogP) is 2.90. The van der Waals surface area contributed by atoms with E-state index < -0.39 is 0 Å². The zero-order valence-corrected chi connectivity index (χ0v) is 13.7. The molecule has 0 atom stereocenters. The van der Waals surface area contributed by atoms with Crippen LogP contribution in [0.3, 0.4) is 0 Å². The van der Waals surface area contributed by atoms with Crippen molar-refractivity contribution in [1.82, 2.24) is 14.8 Å². The highest BCUT2D eigenvalue weighted by atomic mass is 32.1. The van der Waals surface area contributed by atoms with Crippen LogP contribution in [0.25, 0.3) is 10.3 Å². The molecule has 0 spiro atoms. The Bertz CT molecular complexity index is 617. The van der Waals surface area contributed by atoms with E-state index in [4.69, 9.17) is 9.72 Å². The zero-order chi connectivity index (χ0) is 15.0. The topological polar surface area (TPSA) is 43.2 Å². The quantitative estimate of drug-likeness (QED) is 0.815. The molecule has 0 unspecified atom stereocenters. The van der Waals surface area contributed by atoms with Gasteiger partial charge in [0.15, 0.2) is 10.8 Å². The number of hydrogen-bond acceptors (Lipinski definition) is 5. The first-order valence-electron chi connectivity index (χ1n) is 7.30. The molecule has 0 radical (unpaired) electrons. The van der Waals surface area contributed by atoms with E-state index in [1.165, 1.54) is 4.70 Å². The number of ether oxygens (including phenoxy) is 1. The van der Waals surface area contributed by atoms with Gasteiger partial charge in [-0.15, -0.1) is 6.58 Å². The summed E-state index contributed by atoms with van der Waals surface area (Å²) >= 11 is 1.74. The zero-order valence-electron chi connectivity index (χ0n) is 12.9. The van der Waals surface area contributed by atoms with Crippen LogP contribution < -0.4 is 4.90 Å². The van der Waals surface area contributed by atoms with Gasteiger partial charge in [0.2, 0.25) is 0 Å². The van der Waals surface area contributed by atoms with Crippen LogP contribution in [-0.4, -0.2) is 40.6 Å². The van der Waals surface area contributed by atoms with Gasteiger partial charge in [-0.05, 0) is 26.2 Å². The Morgan fingerprint density at radius 1 is 1.43 bits per heavy atom. The number of fused-ring (bicyclic) bond motifs is 1. The Kier molecular flexibility index (Phi) is 3.75. The third kappa shape index (κ3) is 2.46. The summed E-state index contributed by atoms with van der Waals surface area (Å²) < 4.78 is 8.82. The van der Waals surface area contributed by atoms with E-state index in [0.29, 0.717) is 0 Å². The molecule has 5 nitrogen and oxygen atoms in total. The molecule has 1 fully saturated rings. The third-order valence-corrected chi connectivity index (χ3v) is 5.64. The molecule has 0 amide bonds. The van der Waals surface area contributed by atoms with Gasteiger partial charge in [-0.1, -0.05) is 17.4 Å². The van der Waals surface area contributed by atoms with Gasteiger partial charge < -0.3 is 9.64 Å². The summed E-state index contributed by atoms with van der Waals surface area (Å²) in [7, 11) is 3.76. The molecule has 6 heteroatoms. The van der Waals surface area contributed by atoms with Crippen molar-refractivity contribution < 1.29 is 4.74 Å². The Morgan fingerprint density at radius 2 is 2.14 bits per heavy atom.